The highest BCUT2D eigenvalue weighted by Crippen LogP contribution is 2.32. The summed E-state index contributed by atoms with van der Waals surface area (Å²) >= 11 is 0. The van der Waals surface area contributed by atoms with Crippen molar-refractivity contribution in [2.45, 2.75) is 51.1 Å². The summed E-state index contributed by atoms with van der Waals surface area (Å²) in [5.41, 5.74) is -1.08. The fourth-order valence-electron chi connectivity index (χ4n) is 3.43. The standard InChI is InChI=1S/C15H27N3O3/c1-11-5-4-6-15(9-11,13(19)20)16-14(21)18-8-7-17(3)12(2)10-18/h11-12H,4-10H2,1-3H3,(H,16,21)(H,19,20). The molecule has 1 saturated carbocycles. The summed E-state index contributed by atoms with van der Waals surface area (Å²) in [7, 11) is 2.04. The predicted octanol–water partition coefficient (Wildman–Crippen LogP) is 1.37. The molecule has 2 rings (SSSR count). The number of carboxylic acid groups (broad SMARTS) is 1. The number of amides is 2. The van der Waals surface area contributed by atoms with Gasteiger partial charge >= 0.3 is 12.0 Å². The van der Waals surface area contributed by atoms with Crippen LogP contribution >= 0.6 is 0 Å². The molecule has 3 atom stereocenters. The van der Waals surface area contributed by atoms with Crippen LogP contribution in [0.25, 0.3) is 0 Å². The van der Waals surface area contributed by atoms with Gasteiger partial charge in [0.05, 0.1) is 0 Å². The molecule has 6 nitrogen and oxygen atoms in total. The lowest BCUT2D eigenvalue weighted by atomic mass is 9.76. The maximum absolute atomic E-state index is 12.5. The van der Waals surface area contributed by atoms with E-state index in [9.17, 15) is 14.7 Å². The number of likely N-dealkylation sites (N-methyl/N-ethyl adjacent to an activating group) is 1. The van der Waals surface area contributed by atoms with Gasteiger partial charge in [0.15, 0.2) is 0 Å². The summed E-state index contributed by atoms with van der Waals surface area (Å²) in [5, 5.41) is 12.4. The van der Waals surface area contributed by atoms with Crippen molar-refractivity contribution in [2.75, 3.05) is 26.7 Å². The van der Waals surface area contributed by atoms with Crippen LogP contribution in [0.15, 0.2) is 0 Å². The zero-order valence-corrected chi connectivity index (χ0v) is 13.3. The smallest absolute Gasteiger partial charge is 0.329 e. The highest BCUT2D eigenvalue weighted by Gasteiger charge is 2.44. The zero-order valence-electron chi connectivity index (χ0n) is 13.3. The molecule has 1 heterocycles. The molecule has 6 heteroatoms. The molecule has 1 aliphatic carbocycles. The number of rotatable bonds is 2. The number of nitrogens with one attached hydrogen (secondary N) is 1. The summed E-state index contributed by atoms with van der Waals surface area (Å²) in [5.74, 6) is -0.564. The van der Waals surface area contributed by atoms with Crippen molar-refractivity contribution in [3.63, 3.8) is 0 Å². The van der Waals surface area contributed by atoms with Crippen molar-refractivity contribution in [3.8, 4) is 0 Å². The van der Waals surface area contributed by atoms with Crippen molar-refractivity contribution >= 4 is 12.0 Å². The van der Waals surface area contributed by atoms with Crippen LogP contribution in [0, 0.1) is 5.92 Å². The van der Waals surface area contributed by atoms with Gasteiger partial charge < -0.3 is 20.2 Å². The van der Waals surface area contributed by atoms with E-state index in [0.29, 0.717) is 37.9 Å². The average molecular weight is 297 g/mol. The molecule has 2 N–H and O–H groups in total. The molecule has 0 aromatic carbocycles. The molecule has 2 aliphatic rings. The predicted molar refractivity (Wildman–Crippen MR) is 80.2 cm³/mol. The first-order chi connectivity index (χ1) is 9.84. The van der Waals surface area contributed by atoms with E-state index in [-0.39, 0.29) is 6.03 Å². The first-order valence-electron chi connectivity index (χ1n) is 7.85. The fraction of sp³-hybridized carbons (Fsp3) is 0.867. The Morgan fingerprint density at radius 3 is 2.57 bits per heavy atom. The quantitative estimate of drug-likeness (QED) is 0.807. The number of hydrogen-bond acceptors (Lipinski definition) is 3. The average Bonchev–Trinajstić information content (AvgIpc) is 2.41. The molecule has 0 bridgehead atoms. The van der Waals surface area contributed by atoms with Crippen LogP contribution in [0.1, 0.15) is 39.5 Å². The molecule has 0 radical (unpaired) electrons. The van der Waals surface area contributed by atoms with Crippen LogP contribution in [0.3, 0.4) is 0 Å². The van der Waals surface area contributed by atoms with Gasteiger partial charge in [0.25, 0.3) is 0 Å². The van der Waals surface area contributed by atoms with Gasteiger partial charge in [0.1, 0.15) is 5.54 Å². The number of carbonyl (C=O) groups is 2. The second-order valence-corrected chi connectivity index (χ2v) is 6.79. The lowest BCUT2D eigenvalue weighted by Gasteiger charge is -2.41. The molecule has 21 heavy (non-hydrogen) atoms. The number of hydrogen-bond donors (Lipinski definition) is 2. The number of carboxylic acids is 1. The maximum Gasteiger partial charge on any atom is 0.329 e. The van der Waals surface area contributed by atoms with Crippen molar-refractivity contribution in [1.29, 1.82) is 0 Å². The van der Waals surface area contributed by atoms with Crippen LogP contribution in [-0.4, -0.2) is 65.2 Å². The van der Waals surface area contributed by atoms with Crippen LogP contribution in [0.4, 0.5) is 4.79 Å². The van der Waals surface area contributed by atoms with E-state index in [4.69, 9.17) is 0 Å². The van der Waals surface area contributed by atoms with E-state index in [0.717, 1.165) is 19.4 Å². The van der Waals surface area contributed by atoms with Crippen molar-refractivity contribution < 1.29 is 14.7 Å². The zero-order chi connectivity index (χ0) is 15.6. The Hall–Kier alpha value is -1.30. The van der Waals surface area contributed by atoms with Gasteiger partial charge in [-0.2, -0.15) is 0 Å². The van der Waals surface area contributed by atoms with E-state index in [1.165, 1.54) is 0 Å². The number of nitrogens with zero attached hydrogens (tertiary/aromatic N) is 2. The lowest BCUT2D eigenvalue weighted by Crippen LogP contribution is -2.62. The minimum absolute atomic E-state index is 0.230. The van der Waals surface area contributed by atoms with Crippen LogP contribution in [0.5, 0.6) is 0 Å². The summed E-state index contributed by atoms with van der Waals surface area (Å²) in [6.45, 7) is 6.26. The van der Waals surface area contributed by atoms with E-state index in [1.807, 2.05) is 7.05 Å². The minimum atomic E-state index is -1.08. The third-order valence-corrected chi connectivity index (χ3v) is 5.00. The Kier molecular flexibility index (Phi) is 4.76. The molecule has 2 amide bonds. The molecule has 0 aromatic heterocycles. The Morgan fingerprint density at radius 2 is 2.00 bits per heavy atom. The van der Waals surface area contributed by atoms with Crippen molar-refractivity contribution in [3.05, 3.63) is 0 Å². The number of piperazine rings is 1. The summed E-state index contributed by atoms with van der Waals surface area (Å²) in [4.78, 5) is 28.1. The third kappa shape index (κ3) is 3.48. The Balaban J connectivity index is 2.03. The van der Waals surface area contributed by atoms with Crippen LogP contribution in [0.2, 0.25) is 0 Å². The summed E-state index contributed by atoms with van der Waals surface area (Å²) < 4.78 is 0. The second-order valence-electron chi connectivity index (χ2n) is 6.79. The fourth-order valence-corrected chi connectivity index (χ4v) is 3.43. The van der Waals surface area contributed by atoms with Crippen molar-refractivity contribution in [1.82, 2.24) is 15.1 Å². The first kappa shape index (κ1) is 16.1. The molecule has 0 spiro atoms. The van der Waals surface area contributed by atoms with Gasteiger partial charge in [0.2, 0.25) is 0 Å². The maximum atomic E-state index is 12.5. The molecular formula is C15H27N3O3. The number of carbonyl (C=O) groups excluding carboxylic acids is 1. The second kappa shape index (κ2) is 6.22. The van der Waals surface area contributed by atoms with Gasteiger partial charge in [0, 0.05) is 25.7 Å². The largest absolute Gasteiger partial charge is 0.480 e. The molecule has 120 valence electrons. The molecular weight excluding hydrogens is 270 g/mol. The van der Waals surface area contributed by atoms with Gasteiger partial charge in [-0.25, -0.2) is 9.59 Å². The summed E-state index contributed by atoms with van der Waals surface area (Å²) in [6.07, 6.45) is 2.95. The van der Waals surface area contributed by atoms with Gasteiger partial charge in [-0.05, 0) is 32.7 Å². The highest BCUT2D eigenvalue weighted by atomic mass is 16.4. The number of urea groups is 1. The van der Waals surface area contributed by atoms with Gasteiger partial charge in [-0.1, -0.05) is 19.8 Å². The van der Waals surface area contributed by atoms with E-state index < -0.39 is 11.5 Å². The Labute approximate surface area is 126 Å². The Bertz CT molecular complexity index is 415. The third-order valence-electron chi connectivity index (χ3n) is 5.00. The van der Waals surface area contributed by atoms with Crippen molar-refractivity contribution in [2.24, 2.45) is 5.92 Å². The minimum Gasteiger partial charge on any atom is -0.480 e. The number of aliphatic carboxylic acids is 1. The van der Waals surface area contributed by atoms with Gasteiger partial charge in [-0.3, -0.25) is 0 Å². The molecule has 1 aliphatic heterocycles. The Morgan fingerprint density at radius 1 is 1.29 bits per heavy atom. The summed E-state index contributed by atoms with van der Waals surface area (Å²) in [6, 6.07) is 0.0713. The lowest BCUT2D eigenvalue weighted by molar-refractivity contribution is -0.146. The van der Waals surface area contributed by atoms with Crippen LogP contribution in [-0.2, 0) is 4.79 Å². The molecule has 0 aromatic rings. The van der Waals surface area contributed by atoms with E-state index >= 15 is 0 Å². The molecule has 2 fully saturated rings. The first-order valence-corrected chi connectivity index (χ1v) is 7.85. The van der Waals surface area contributed by atoms with E-state index in [2.05, 4.69) is 24.1 Å². The van der Waals surface area contributed by atoms with E-state index in [1.54, 1.807) is 4.90 Å². The topological polar surface area (TPSA) is 72.9 Å². The molecule has 3 unspecified atom stereocenters. The highest BCUT2D eigenvalue weighted by molar-refractivity contribution is 5.86. The molecule has 1 saturated heterocycles. The van der Waals surface area contributed by atoms with Crippen LogP contribution < -0.4 is 5.32 Å². The SMILES string of the molecule is CC1CCCC(NC(=O)N2CCN(C)C(C)C2)(C(=O)O)C1. The monoisotopic (exact) mass is 297 g/mol. The van der Waals surface area contributed by atoms with Gasteiger partial charge in [-0.15, -0.1) is 0 Å². The normalized spacial score (nSPS) is 34.5.